The summed E-state index contributed by atoms with van der Waals surface area (Å²) in [5, 5.41) is 3.30. The standard InChI is InChI=1S/C10H17N3O/c11-4-1-2-9-7-13-10(14-9)8-3-5-12-6-8/h7-8,12H,1-6,11H2. The Hall–Kier alpha value is -0.870. The van der Waals surface area contributed by atoms with E-state index in [0.717, 1.165) is 44.0 Å². The summed E-state index contributed by atoms with van der Waals surface area (Å²) < 4.78 is 5.66. The van der Waals surface area contributed by atoms with E-state index in [1.54, 1.807) is 0 Å². The van der Waals surface area contributed by atoms with Crippen LogP contribution in [0.1, 0.15) is 30.4 Å². The van der Waals surface area contributed by atoms with Crippen molar-refractivity contribution in [3.63, 3.8) is 0 Å². The molecule has 1 saturated heterocycles. The molecule has 1 aliphatic rings. The van der Waals surface area contributed by atoms with Crippen molar-refractivity contribution in [2.75, 3.05) is 19.6 Å². The van der Waals surface area contributed by atoms with E-state index in [0.29, 0.717) is 12.5 Å². The molecule has 1 atom stereocenters. The Labute approximate surface area is 83.9 Å². The van der Waals surface area contributed by atoms with Crippen LogP contribution in [0, 0.1) is 0 Å². The normalized spacial score (nSPS) is 21.6. The first-order chi connectivity index (χ1) is 6.90. The molecule has 2 heterocycles. The molecule has 4 nitrogen and oxygen atoms in total. The third-order valence-corrected chi connectivity index (χ3v) is 2.61. The van der Waals surface area contributed by atoms with Gasteiger partial charge < -0.3 is 15.5 Å². The second-order valence-electron chi connectivity index (χ2n) is 3.75. The lowest BCUT2D eigenvalue weighted by Gasteiger charge is -2.01. The molecule has 0 amide bonds. The minimum absolute atomic E-state index is 0.474. The number of hydrogen-bond acceptors (Lipinski definition) is 4. The van der Waals surface area contributed by atoms with Crippen LogP contribution in [0.2, 0.25) is 0 Å². The van der Waals surface area contributed by atoms with Gasteiger partial charge in [0.2, 0.25) is 0 Å². The second-order valence-corrected chi connectivity index (χ2v) is 3.75. The van der Waals surface area contributed by atoms with E-state index in [4.69, 9.17) is 10.2 Å². The lowest BCUT2D eigenvalue weighted by atomic mass is 10.1. The Kier molecular flexibility index (Phi) is 3.16. The van der Waals surface area contributed by atoms with Gasteiger partial charge in [-0.1, -0.05) is 0 Å². The molecule has 1 fully saturated rings. The maximum absolute atomic E-state index is 5.66. The molecule has 0 aromatic carbocycles. The van der Waals surface area contributed by atoms with Gasteiger partial charge in [-0.15, -0.1) is 0 Å². The maximum atomic E-state index is 5.66. The first-order valence-electron chi connectivity index (χ1n) is 5.25. The summed E-state index contributed by atoms with van der Waals surface area (Å²) >= 11 is 0. The van der Waals surface area contributed by atoms with Gasteiger partial charge in [0.15, 0.2) is 5.89 Å². The monoisotopic (exact) mass is 195 g/mol. The molecule has 0 spiro atoms. The molecule has 0 bridgehead atoms. The van der Waals surface area contributed by atoms with Crippen molar-refractivity contribution in [2.45, 2.75) is 25.2 Å². The van der Waals surface area contributed by atoms with E-state index in [-0.39, 0.29) is 0 Å². The van der Waals surface area contributed by atoms with Crippen LogP contribution in [-0.2, 0) is 6.42 Å². The molecule has 2 rings (SSSR count). The number of oxazole rings is 1. The van der Waals surface area contributed by atoms with E-state index in [1.807, 2.05) is 6.20 Å². The minimum Gasteiger partial charge on any atom is -0.445 e. The van der Waals surface area contributed by atoms with Crippen molar-refractivity contribution < 1.29 is 4.42 Å². The molecule has 1 aromatic rings. The second kappa shape index (κ2) is 4.57. The summed E-state index contributed by atoms with van der Waals surface area (Å²) in [7, 11) is 0. The third-order valence-electron chi connectivity index (χ3n) is 2.61. The molecule has 1 aliphatic heterocycles. The first kappa shape index (κ1) is 9.68. The number of aromatic nitrogens is 1. The van der Waals surface area contributed by atoms with Gasteiger partial charge in [0, 0.05) is 18.9 Å². The molecular weight excluding hydrogens is 178 g/mol. The average molecular weight is 195 g/mol. The first-order valence-corrected chi connectivity index (χ1v) is 5.25. The summed E-state index contributed by atoms with van der Waals surface area (Å²) in [4.78, 5) is 4.30. The molecule has 4 heteroatoms. The van der Waals surface area contributed by atoms with Gasteiger partial charge in [-0.2, -0.15) is 0 Å². The molecule has 0 radical (unpaired) electrons. The number of rotatable bonds is 4. The van der Waals surface area contributed by atoms with Crippen LogP contribution in [0.3, 0.4) is 0 Å². The Morgan fingerprint density at radius 1 is 1.64 bits per heavy atom. The molecule has 3 N–H and O–H groups in total. The molecule has 1 unspecified atom stereocenters. The fraction of sp³-hybridized carbons (Fsp3) is 0.700. The Morgan fingerprint density at radius 2 is 2.57 bits per heavy atom. The summed E-state index contributed by atoms with van der Waals surface area (Å²) in [6.45, 7) is 2.78. The third kappa shape index (κ3) is 2.13. The van der Waals surface area contributed by atoms with E-state index in [2.05, 4.69) is 10.3 Å². The van der Waals surface area contributed by atoms with Gasteiger partial charge in [0.1, 0.15) is 5.76 Å². The smallest absolute Gasteiger partial charge is 0.198 e. The molecule has 1 aromatic heterocycles. The van der Waals surface area contributed by atoms with Gasteiger partial charge >= 0.3 is 0 Å². The number of nitrogens with zero attached hydrogens (tertiary/aromatic N) is 1. The van der Waals surface area contributed by atoms with Crippen molar-refractivity contribution in [3.05, 3.63) is 17.8 Å². The number of nitrogens with one attached hydrogen (secondary N) is 1. The summed E-state index contributed by atoms with van der Waals surface area (Å²) in [6.07, 6.45) is 4.85. The van der Waals surface area contributed by atoms with Crippen LogP contribution in [0.5, 0.6) is 0 Å². The van der Waals surface area contributed by atoms with Gasteiger partial charge in [-0.25, -0.2) is 4.98 Å². The summed E-state index contributed by atoms with van der Waals surface area (Å²) in [6, 6.07) is 0. The predicted molar refractivity (Wildman–Crippen MR) is 54.1 cm³/mol. The molecule has 0 saturated carbocycles. The average Bonchev–Trinajstić information content (AvgIpc) is 2.85. The van der Waals surface area contributed by atoms with Crippen LogP contribution in [0.4, 0.5) is 0 Å². The highest BCUT2D eigenvalue weighted by atomic mass is 16.4. The molecule has 0 aliphatic carbocycles. The SMILES string of the molecule is NCCCc1cnc(C2CCNC2)o1. The van der Waals surface area contributed by atoms with Crippen LogP contribution in [-0.4, -0.2) is 24.6 Å². The van der Waals surface area contributed by atoms with Crippen molar-refractivity contribution >= 4 is 0 Å². The van der Waals surface area contributed by atoms with E-state index < -0.39 is 0 Å². The van der Waals surface area contributed by atoms with Crippen LogP contribution in [0.15, 0.2) is 10.6 Å². The van der Waals surface area contributed by atoms with Gasteiger partial charge in [-0.05, 0) is 25.9 Å². The Balaban J connectivity index is 1.94. The van der Waals surface area contributed by atoms with Crippen molar-refractivity contribution in [1.82, 2.24) is 10.3 Å². The number of hydrogen-bond donors (Lipinski definition) is 2. The van der Waals surface area contributed by atoms with E-state index >= 15 is 0 Å². The lowest BCUT2D eigenvalue weighted by Crippen LogP contribution is -2.07. The highest BCUT2D eigenvalue weighted by molar-refractivity contribution is 5.01. The Morgan fingerprint density at radius 3 is 3.29 bits per heavy atom. The van der Waals surface area contributed by atoms with Crippen molar-refractivity contribution in [3.8, 4) is 0 Å². The van der Waals surface area contributed by atoms with Crippen LogP contribution >= 0.6 is 0 Å². The highest BCUT2D eigenvalue weighted by Gasteiger charge is 2.21. The maximum Gasteiger partial charge on any atom is 0.198 e. The molecular formula is C10H17N3O. The Bertz CT molecular complexity index is 279. The fourth-order valence-electron chi connectivity index (χ4n) is 1.77. The number of nitrogens with two attached hydrogens (primary N) is 1. The van der Waals surface area contributed by atoms with E-state index in [1.165, 1.54) is 0 Å². The lowest BCUT2D eigenvalue weighted by molar-refractivity contribution is 0.423. The number of aryl methyl sites for hydroxylation is 1. The predicted octanol–water partition coefficient (Wildman–Crippen LogP) is 0.643. The van der Waals surface area contributed by atoms with Gasteiger partial charge in [0.05, 0.1) is 6.20 Å². The largest absolute Gasteiger partial charge is 0.445 e. The van der Waals surface area contributed by atoms with Gasteiger partial charge in [0.25, 0.3) is 0 Å². The zero-order valence-electron chi connectivity index (χ0n) is 8.33. The van der Waals surface area contributed by atoms with Crippen LogP contribution < -0.4 is 11.1 Å². The zero-order valence-corrected chi connectivity index (χ0v) is 8.33. The summed E-state index contributed by atoms with van der Waals surface area (Å²) in [5.41, 5.74) is 5.43. The fourth-order valence-corrected chi connectivity index (χ4v) is 1.77. The summed E-state index contributed by atoms with van der Waals surface area (Å²) in [5.74, 6) is 2.33. The molecule has 78 valence electrons. The molecule has 14 heavy (non-hydrogen) atoms. The minimum atomic E-state index is 0.474. The highest BCUT2D eigenvalue weighted by Crippen LogP contribution is 2.22. The van der Waals surface area contributed by atoms with Crippen LogP contribution in [0.25, 0.3) is 0 Å². The van der Waals surface area contributed by atoms with E-state index in [9.17, 15) is 0 Å². The topological polar surface area (TPSA) is 64.1 Å². The van der Waals surface area contributed by atoms with Gasteiger partial charge in [-0.3, -0.25) is 0 Å². The quantitative estimate of drug-likeness (QED) is 0.740. The zero-order chi connectivity index (χ0) is 9.80. The van der Waals surface area contributed by atoms with Crippen molar-refractivity contribution in [2.24, 2.45) is 5.73 Å². The van der Waals surface area contributed by atoms with Crippen molar-refractivity contribution in [1.29, 1.82) is 0 Å².